The zero-order valence-corrected chi connectivity index (χ0v) is 12.2. The van der Waals surface area contributed by atoms with Crippen molar-refractivity contribution in [2.75, 3.05) is 23.9 Å². The Morgan fingerprint density at radius 2 is 1.82 bits per heavy atom. The minimum atomic E-state index is -0.637. The number of nitrogens with zero attached hydrogens (tertiary/aromatic N) is 1. The zero-order valence-electron chi connectivity index (χ0n) is 12.2. The number of hydrogen-bond donors (Lipinski definition) is 1. The summed E-state index contributed by atoms with van der Waals surface area (Å²) < 4.78 is 5.05. The van der Waals surface area contributed by atoms with Crippen molar-refractivity contribution >= 4 is 23.2 Å². The van der Waals surface area contributed by atoms with E-state index in [1.807, 2.05) is 24.3 Å². The molecule has 0 radical (unpaired) electrons. The van der Waals surface area contributed by atoms with Gasteiger partial charge in [0.05, 0.1) is 7.11 Å². The lowest BCUT2D eigenvalue weighted by atomic mass is 10.2. The van der Waals surface area contributed by atoms with E-state index in [2.05, 4.69) is 5.32 Å². The Hall–Kier alpha value is -2.82. The number of carbonyl (C=O) groups is 2. The highest BCUT2D eigenvalue weighted by atomic mass is 16.5. The first-order valence-electron chi connectivity index (χ1n) is 7.04. The summed E-state index contributed by atoms with van der Waals surface area (Å²) in [5, 5.41) is 2.61. The predicted molar refractivity (Wildman–Crippen MR) is 84.1 cm³/mol. The average Bonchev–Trinajstić information content (AvgIpc) is 2.99. The van der Waals surface area contributed by atoms with Crippen LogP contribution in [0.2, 0.25) is 0 Å². The van der Waals surface area contributed by atoms with Crippen LogP contribution in [0, 0.1) is 0 Å². The van der Waals surface area contributed by atoms with Crippen molar-refractivity contribution < 1.29 is 14.3 Å². The monoisotopic (exact) mass is 296 g/mol. The summed E-state index contributed by atoms with van der Waals surface area (Å²) >= 11 is 0. The molecular weight excluding hydrogens is 280 g/mol. The second kappa shape index (κ2) is 5.89. The van der Waals surface area contributed by atoms with E-state index in [0.717, 1.165) is 17.7 Å². The molecule has 0 aliphatic carbocycles. The molecule has 22 heavy (non-hydrogen) atoms. The quantitative estimate of drug-likeness (QED) is 0.865. The Bertz CT molecular complexity index is 710. The fourth-order valence-corrected chi connectivity index (χ4v) is 2.53. The van der Waals surface area contributed by atoms with E-state index in [0.29, 0.717) is 18.0 Å². The molecule has 2 aromatic rings. The summed E-state index contributed by atoms with van der Waals surface area (Å²) in [4.78, 5) is 26.0. The number of hydrogen-bond acceptors (Lipinski definition) is 3. The van der Waals surface area contributed by atoms with Crippen molar-refractivity contribution in [2.45, 2.75) is 6.42 Å². The van der Waals surface area contributed by atoms with Gasteiger partial charge in [-0.3, -0.25) is 9.59 Å². The highest BCUT2D eigenvalue weighted by Gasteiger charge is 2.28. The zero-order chi connectivity index (χ0) is 15.5. The molecule has 0 aromatic heterocycles. The Balaban J connectivity index is 1.71. The maximum atomic E-state index is 12.3. The summed E-state index contributed by atoms with van der Waals surface area (Å²) in [7, 11) is 1.57. The lowest BCUT2D eigenvalue weighted by Crippen LogP contribution is -2.38. The van der Waals surface area contributed by atoms with Gasteiger partial charge in [0.1, 0.15) is 5.75 Å². The summed E-state index contributed by atoms with van der Waals surface area (Å²) in [6.45, 7) is 0.536. The molecule has 0 unspecified atom stereocenters. The third kappa shape index (κ3) is 2.65. The van der Waals surface area contributed by atoms with Crippen molar-refractivity contribution in [3.63, 3.8) is 0 Å². The van der Waals surface area contributed by atoms with Gasteiger partial charge in [0.2, 0.25) is 0 Å². The minimum Gasteiger partial charge on any atom is -0.497 e. The van der Waals surface area contributed by atoms with Gasteiger partial charge in [0.15, 0.2) is 0 Å². The van der Waals surface area contributed by atoms with Gasteiger partial charge >= 0.3 is 11.8 Å². The minimum absolute atomic E-state index is 0.536. The van der Waals surface area contributed by atoms with Gasteiger partial charge in [-0.15, -0.1) is 0 Å². The third-order valence-corrected chi connectivity index (χ3v) is 3.67. The Kier molecular flexibility index (Phi) is 3.78. The Morgan fingerprint density at radius 3 is 2.55 bits per heavy atom. The van der Waals surface area contributed by atoms with E-state index >= 15 is 0 Å². The van der Waals surface area contributed by atoms with E-state index in [-0.39, 0.29) is 0 Å². The van der Waals surface area contributed by atoms with E-state index in [4.69, 9.17) is 4.74 Å². The largest absolute Gasteiger partial charge is 0.497 e. The number of nitrogens with one attached hydrogen (secondary N) is 1. The Labute approximate surface area is 128 Å². The standard InChI is InChI=1S/C17H16N2O3/c1-22-14-8-6-13(7-9-14)18-16(20)17(21)19-11-10-12-4-2-3-5-15(12)19/h2-9H,10-11H2,1H3,(H,18,20). The average molecular weight is 296 g/mol. The SMILES string of the molecule is COc1ccc(NC(=O)C(=O)N2CCc3ccccc32)cc1. The van der Waals surface area contributed by atoms with Crippen molar-refractivity contribution in [3.8, 4) is 5.75 Å². The molecule has 0 fully saturated rings. The van der Waals surface area contributed by atoms with Crippen LogP contribution in [-0.2, 0) is 16.0 Å². The molecule has 1 N–H and O–H groups in total. The lowest BCUT2D eigenvalue weighted by molar-refractivity contribution is -0.134. The van der Waals surface area contributed by atoms with Crippen LogP contribution in [0.15, 0.2) is 48.5 Å². The number of anilines is 2. The molecular formula is C17H16N2O3. The number of ether oxygens (including phenoxy) is 1. The van der Waals surface area contributed by atoms with Crippen molar-refractivity contribution in [3.05, 3.63) is 54.1 Å². The summed E-state index contributed by atoms with van der Waals surface area (Å²) in [6, 6.07) is 14.5. The second-order valence-electron chi connectivity index (χ2n) is 5.02. The molecule has 112 valence electrons. The van der Waals surface area contributed by atoms with Crippen LogP contribution in [0.5, 0.6) is 5.75 Å². The molecule has 0 atom stereocenters. The van der Waals surface area contributed by atoms with Gasteiger partial charge in [-0.25, -0.2) is 0 Å². The third-order valence-electron chi connectivity index (χ3n) is 3.67. The van der Waals surface area contributed by atoms with Crippen LogP contribution < -0.4 is 15.0 Å². The number of para-hydroxylation sites is 1. The summed E-state index contributed by atoms with van der Waals surface area (Å²) in [6.07, 6.45) is 0.776. The predicted octanol–water partition coefficient (Wildman–Crippen LogP) is 2.22. The molecule has 2 amide bonds. The molecule has 0 spiro atoms. The number of methoxy groups -OCH3 is 1. The van der Waals surface area contributed by atoms with Crippen molar-refractivity contribution in [2.24, 2.45) is 0 Å². The van der Waals surface area contributed by atoms with Crippen molar-refractivity contribution in [1.82, 2.24) is 0 Å². The lowest BCUT2D eigenvalue weighted by Gasteiger charge is -2.16. The highest BCUT2D eigenvalue weighted by molar-refractivity contribution is 6.44. The molecule has 1 aliphatic heterocycles. The number of carbonyl (C=O) groups excluding carboxylic acids is 2. The smallest absolute Gasteiger partial charge is 0.316 e. The number of amides is 2. The van der Waals surface area contributed by atoms with Crippen LogP contribution in [0.1, 0.15) is 5.56 Å². The maximum absolute atomic E-state index is 12.3. The van der Waals surface area contributed by atoms with E-state index < -0.39 is 11.8 Å². The first kappa shape index (κ1) is 14.1. The normalized spacial score (nSPS) is 12.7. The van der Waals surface area contributed by atoms with Gasteiger partial charge < -0.3 is 15.0 Å². The van der Waals surface area contributed by atoms with Gasteiger partial charge in [0, 0.05) is 17.9 Å². The molecule has 2 aromatic carbocycles. The molecule has 1 heterocycles. The van der Waals surface area contributed by atoms with E-state index in [9.17, 15) is 9.59 Å². The molecule has 1 aliphatic rings. The number of benzene rings is 2. The highest BCUT2D eigenvalue weighted by Crippen LogP contribution is 2.27. The van der Waals surface area contributed by atoms with Gasteiger partial charge in [-0.1, -0.05) is 18.2 Å². The van der Waals surface area contributed by atoms with Crippen molar-refractivity contribution in [1.29, 1.82) is 0 Å². The molecule has 3 rings (SSSR count). The van der Waals surface area contributed by atoms with Crippen LogP contribution in [0.3, 0.4) is 0 Å². The first-order chi connectivity index (χ1) is 10.7. The molecule has 5 nitrogen and oxygen atoms in total. The topological polar surface area (TPSA) is 58.6 Å². The second-order valence-corrected chi connectivity index (χ2v) is 5.02. The summed E-state index contributed by atoms with van der Waals surface area (Å²) in [5.74, 6) is -0.486. The number of fused-ring (bicyclic) bond motifs is 1. The van der Waals surface area contributed by atoms with E-state index in [1.54, 1.807) is 31.4 Å². The van der Waals surface area contributed by atoms with Gasteiger partial charge in [0.25, 0.3) is 0 Å². The van der Waals surface area contributed by atoms with Gasteiger partial charge in [-0.05, 0) is 42.3 Å². The molecule has 0 bridgehead atoms. The summed E-state index contributed by atoms with van der Waals surface area (Å²) in [5.41, 5.74) is 2.47. The maximum Gasteiger partial charge on any atom is 0.316 e. The van der Waals surface area contributed by atoms with Crippen LogP contribution in [0.4, 0.5) is 11.4 Å². The molecule has 5 heteroatoms. The fourth-order valence-electron chi connectivity index (χ4n) is 2.53. The van der Waals surface area contributed by atoms with Crippen LogP contribution in [-0.4, -0.2) is 25.5 Å². The molecule has 0 saturated carbocycles. The number of rotatable bonds is 2. The van der Waals surface area contributed by atoms with Crippen LogP contribution >= 0.6 is 0 Å². The van der Waals surface area contributed by atoms with Gasteiger partial charge in [-0.2, -0.15) is 0 Å². The van der Waals surface area contributed by atoms with Crippen LogP contribution in [0.25, 0.3) is 0 Å². The molecule has 0 saturated heterocycles. The Morgan fingerprint density at radius 1 is 1.09 bits per heavy atom. The fraction of sp³-hybridized carbons (Fsp3) is 0.176. The first-order valence-corrected chi connectivity index (χ1v) is 7.04. The van der Waals surface area contributed by atoms with E-state index in [1.165, 1.54) is 4.90 Å².